The van der Waals surface area contributed by atoms with Gasteiger partial charge in [-0.3, -0.25) is 4.57 Å². The number of aromatic nitrogens is 6. The minimum atomic E-state index is -0.134. The van der Waals surface area contributed by atoms with Crippen molar-refractivity contribution in [3.8, 4) is 17.1 Å². The predicted octanol–water partition coefficient (Wildman–Crippen LogP) is 4.58. The molecule has 10 heteroatoms. The molecule has 0 bridgehead atoms. The van der Waals surface area contributed by atoms with Gasteiger partial charge >= 0.3 is 0 Å². The van der Waals surface area contributed by atoms with Crippen LogP contribution in [0.3, 0.4) is 0 Å². The Hall–Kier alpha value is -3.17. The van der Waals surface area contributed by atoms with E-state index in [1.54, 1.807) is 4.90 Å². The topological polar surface area (TPSA) is 98.6 Å². The predicted molar refractivity (Wildman–Crippen MR) is 129 cm³/mol. The highest BCUT2D eigenvalue weighted by Gasteiger charge is 2.21. The fraction of sp³-hybridized carbons (Fsp3) is 0.227. The molecule has 0 radical (unpaired) electrons. The normalized spacial score (nSPS) is 12.0. The van der Waals surface area contributed by atoms with Crippen LogP contribution in [0.1, 0.15) is 23.6 Å². The van der Waals surface area contributed by atoms with E-state index < -0.39 is 0 Å². The number of hydrogen-bond donors (Lipinski definition) is 1. The van der Waals surface area contributed by atoms with Crippen LogP contribution in [0.5, 0.6) is 0 Å². The van der Waals surface area contributed by atoms with Crippen LogP contribution in [0, 0.1) is 6.92 Å². The molecule has 0 saturated heterocycles. The highest BCUT2D eigenvalue weighted by Crippen LogP contribution is 2.36. The molecular formula is C22H23ClN8S. The van der Waals surface area contributed by atoms with Gasteiger partial charge < -0.3 is 10.6 Å². The van der Waals surface area contributed by atoms with Crippen LogP contribution in [-0.4, -0.2) is 43.8 Å². The van der Waals surface area contributed by atoms with Gasteiger partial charge in [-0.2, -0.15) is 15.0 Å². The van der Waals surface area contributed by atoms with Crippen molar-refractivity contribution in [1.82, 2.24) is 29.7 Å². The number of benzene rings is 2. The largest absolute Gasteiger partial charge is 0.368 e. The molecule has 2 heterocycles. The highest BCUT2D eigenvalue weighted by atomic mass is 35.5. The first-order chi connectivity index (χ1) is 15.3. The summed E-state index contributed by atoms with van der Waals surface area (Å²) in [4.78, 5) is 14.9. The molecule has 0 aliphatic heterocycles. The van der Waals surface area contributed by atoms with Crippen LogP contribution < -0.4 is 10.6 Å². The number of halogens is 1. The molecule has 0 spiro atoms. The van der Waals surface area contributed by atoms with Gasteiger partial charge in [0.15, 0.2) is 11.0 Å². The number of thioether (sulfide) groups is 1. The van der Waals surface area contributed by atoms with Gasteiger partial charge in [-0.1, -0.05) is 35.5 Å². The quantitative estimate of drug-likeness (QED) is 0.412. The Balaban J connectivity index is 1.77. The SMILES string of the molecule is Cc1cccc(-n2c(SC(C)c3nc(N)nc(N(C)C)n3)nnc2-c2ccc(Cl)cc2)c1. The molecule has 8 nitrogen and oxygen atoms in total. The summed E-state index contributed by atoms with van der Waals surface area (Å²) in [7, 11) is 3.73. The number of nitrogen functional groups attached to an aromatic ring is 1. The molecule has 0 aliphatic carbocycles. The summed E-state index contributed by atoms with van der Waals surface area (Å²) in [5, 5.41) is 10.2. The summed E-state index contributed by atoms with van der Waals surface area (Å²) < 4.78 is 2.04. The number of nitrogens with two attached hydrogens (primary N) is 1. The lowest BCUT2D eigenvalue weighted by atomic mass is 10.2. The molecule has 164 valence electrons. The van der Waals surface area contributed by atoms with Crippen molar-refractivity contribution < 1.29 is 0 Å². The van der Waals surface area contributed by atoms with Crippen LogP contribution in [0.2, 0.25) is 5.02 Å². The van der Waals surface area contributed by atoms with Crippen LogP contribution in [-0.2, 0) is 0 Å². The van der Waals surface area contributed by atoms with Gasteiger partial charge in [-0.25, -0.2) is 0 Å². The van der Waals surface area contributed by atoms with Crippen LogP contribution >= 0.6 is 23.4 Å². The highest BCUT2D eigenvalue weighted by molar-refractivity contribution is 7.99. The third-order valence-corrected chi connectivity index (χ3v) is 5.99. The molecule has 0 aliphatic rings. The lowest BCUT2D eigenvalue weighted by molar-refractivity contribution is 0.843. The zero-order valence-corrected chi connectivity index (χ0v) is 19.8. The Kier molecular flexibility index (Phi) is 6.29. The summed E-state index contributed by atoms with van der Waals surface area (Å²) in [5.74, 6) is 2.01. The first-order valence-electron chi connectivity index (χ1n) is 9.95. The van der Waals surface area contributed by atoms with E-state index in [2.05, 4.69) is 44.2 Å². The fourth-order valence-electron chi connectivity index (χ4n) is 3.12. The smallest absolute Gasteiger partial charge is 0.229 e. The minimum absolute atomic E-state index is 0.134. The van der Waals surface area contributed by atoms with Crippen molar-refractivity contribution in [2.75, 3.05) is 24.7 Å². The Morgan fingerprint density at radius 2 is 1.78 bits per heavy atom. The summed E-state index contributed by atoms with van der Waals surface area (Å²) in [6, 6.07) is 15.8. The summed E-state index contributed by atoms with van der Waals surface area (Å²) in [5.41, 5.74) is 8.95. The van der Waals surface area contributed by atoms with E-state index in [-0.39, 0.29) is 11.2 Å². The average Bonchev–Trinajstić information content (AvgIpc) is 3.17. The Morgan fingerprint density at radius 1 is 1.03 bits per heavy atom. The molecule has 0 fully saturated rings. The zero-order valence-electron chi connectivity index (χ0n) is 18.2. The number of hydrogen-bond acceptors (Lipinski definition) is 8. The number of anilines is 2. The summed E-state index contributed by atoms with van der Waals surface area (Å²) in [6.45, 7) is 4.07. The van der Waals surface area contributed by atoms with Gasteiger partial charge in [0.2, 0.25) is 11.9 Å². The molecular weight excluding hydrogens is 444 g/mol. The van der Waals surface area contributed by atoms with Crippen LogP contribution in [0.15, 0.2) is 53.7 Å². The molecule has 0 amide bonds. The molecule has 1 atom stereocenters. The van der Waals surface area contributed by atoms with E-state index in [9.17, 15) is 0 Å². The standard InChI is InChI=1S/C22H23ClN8S/c1-13-6-5-7-17(12-13)31-19(15-8-10-16(23)11-9-15)28-29-22(31)32-14(2)18-25-20(24)27-21(26-18)30(3)4/h5-12,14H,1-4H3,(H2,24,25,26,27). The van der Waals surface area contributed by atoms with Crippen molar-refractivity contribution >= 4 is 35.3 Å². The number of rotatable bonds is 6. The Morgan fingerprint density at radius 3 is 2.47 bits per heavy atom. The third-order valence-electron chi connectivity index (χ3n) is 4.70. The molecule has 2 aromatic carbocycles. The van der Waals surface area contributed by atoms with Gasteiger partial charge in [-0.05, 0) is 55.8 Å². The molecule has 2 N–H and O–H groups in total. The second kappa shape index (κ2) is 9.13. The Bertz CT molecular complexity index is 1240. The van der Waals surface area contributed by atoms with Crippen LogP contribution in [0.25, 0.3) is 17.1 Å². The molecule has 0 saturated carbocycles. The third kappa shape index (κ3) is 4.68. The zero-order chi connectivity index (χ0) is 22.8. The molecule has 2 aromatic heterocycles. The maximum atomic E-state index is 6.09. The van der Waals surface area contributed by atoms with Gasteiger partial charge in [0, 0.05) is 30.4 Å². The van der Waals surface area contributed by atoms with E-state index in [1.807, 2.05) is 62.0 Å². The van der Waals surface area contributed by atoms with Gasteiger partial charge in [0.25, 0.3) is 0 Å². The number of aryl methyl sites for hydroxylation is 1. The van der Waals surface area contributed by atoms with E-state index in [1.165, 1.54) is 11.8 Å². The fourth-order valence-corrected chi connectivity index (χ4v) is 4.16. The van der Waals surface area contributed by atoms with Crippen molar-refractivity contribution in [2.24, 2.45) is 0 Å². The lowest BCUT2D eigenvalue weighted by Gasteiger charge is -2.16. The Labute approximate surface area is 195 Å². The summed E-state index contributed by atoms with van der Waals surface area (Å²) in [6.07, 6.45) is 0. The second-order valence-electron chi connectivity index (χ2n) is 7.49. The van der Waals surface area contributed by atoms with E-state index in [4.69, 9.17) is 17.3 Å². The first-order valence-corrected chi connectivity index (χ1v) is 11.2. The molecule has 1 unspecified atom stereocenters. The molecule has 4 aromatic rings. The van der Waals surface area contributed by atoms with E-state index in [0.717, 1.165) is 27.8 Å². The molecule has 4 rings (SSSR count). The summed E-state index contributed by atoms with van der Waals surface area (Å²) >= 11 is 7.59. The van der Waals surface area contributed by atoms with Gasteiger partial charge in [-0.15, -0.1) is 10.2 Å². The van der Waals surface area contributed by atoms with Crippen molar-refractivity contribution in [3.05, 3.63) is 64.9 Å². The van der Waals surface area contributed by atoms with Crippen molar-refractivity contribution in [3.63, 3.8) is 0 Å². The van der Waals surface area contributed by atoms with Gasteiger partial charge in [0.1, 0.15) is 5.82 Å². The average molecular weight is 467 g/mol. The van der Waals surface area contributed by atoms with Gasteiger partial charge in [0.05, 0.1) is 5.25 Å². The lowest BCUT2D eigenvalue weighted by Crippen LogP contribution is -2.16. The number of nitrogens with zero attached hydrogens (tertiary/aromatic N) is 7. The van der Waals surface area contributed by atoms with Crippen molar-refractivity contribution in [2.45, 2.75) is 24.3 Å². The monoisotopic (exact) mass is 466 g/mol. The second-order valence-corrected chi connectivity index (χ2v) is 9.24. The minimum Gasteiger partial charge on any atom is -0.368 e. The first kappa shape index (κ1) is 22.0. The maximum absolute atomic E-state index is 6.09. The maximum Gasteiger partial charge on any atom is 0.229 e. The van der Waals surface area contributed by atoms with E-state index in [0.29, 0.717) is 16.8 Å². The van der Waals surface area contributed by atoms with Crippen LogP contribution in [0.4, 0.5) is 11.9 Å². The van der Waals surface area contributed by atoms with Crippen molar-refractivity contribution in [1.29, 1.82) is 0 Å². The molecule has 32 heavy (non-hydrogen) atoms. The van der Waals surface area contributed by atoms with E-state index >= 15 is 0 Å².